The van der Waals surface area contributed by atoms with Gasteiger partial charge in [-0.05, 0) is 37.8 Å². The number of fused-ring (bicyclic) bond motifs is 1. The number of aryl methyl sites for hydroxylation is 1. The third kappa shape index (κ3) is 3.92. The number of non-ortho nitro benzene ring substituents is 1. The van der Waals surface area contributed by atoms with Gasteiger partial charge in [0.25, 0.3) is 11.6 Å². The summed E-state index contributed by atoms with van der Waals surface area (Å²) < 4.78 is 0. The molecule has 0 atom stereocenters. The van der Waals surface area contributed by atoms with E-state index in [1.54, 1.807) is 4.90 Å². The number of nitro groups is 1. The summed E-state index contributed by atoms with van der Waals surface area (Å²) in [5.41, 5.74) is 2.50. The van der Waals surface area contributed by atoms with Crippen molar-refractivity contribution in [3.05, 3.63) is 57.0 Å². The molecule has 29 heavy (non-hydrogen) atoms. The predicted molar refractivity (Wildman–Crippen MR) is 109 cm³/mol. The molecule has 0 N–H and O–H groups in total. The SMILES string of the molecule is Cc1nc2c(c(N3CCC(C)CC3)n1)CN(C(=O)c1ccc([N+](=O)[O-])cc1)CC2. The van der Waals surface area contributed by atoms with Gasteiger partial charge < -0.3 is 9.80 Å². The molecule has 4 rings (SSSR count). The van der Waals surface area contributed by atoms with Crippen LogP contribution in [0.2, 0.25) is 0 Å². The lowest BCUT2D eigenvalue weighted by molar-refractivity contribution is -0.384. The minimum absolute atomic E-state index is 0.0176. The highest BCUT2D eigenvalue weighted by Crippen LogP contribution is 2.30. The van der Waals surface area contributed by atoms with Crippen molar-refractivity contribution in [2.24, 2.45) is 5.92 Å². The van der Waals surface area contributed by atoms with Crippen LogP contribution >= 0.6 is 0 Å². The maximum Gasteiger partial charge on any atom is 0.269 e. The minimum atomic E-state index is -0.461. The molecule has 0 radical (unpaired) electrons. The fraction of sp³-hybridized carbons (Fsp3) is 0.476. The van der Waals surface area contributed by atoms with E-state index < -0.39 is 4.92 Å². The fourth-order valence-corrected chi connectivity index (χ4v) is 4.08. The van der Waals surface area contributed by atoms with E-state index in [1.807, 2.05) is 6.92 Å². The van der Waals surface area contributed by atoms with Gasteiger partial charge in [-0.1, -0.05) is 6.92 Å². The van der Waals surface area contributed by atoms with Crippen LogP contribution in [0, 0.1) is 23.0 Å². The summed E-state index contributed by atoms with van der Waals surface area (Å²) in [4.78, 5) is 36.9. The number of carbonyl (C=O) groups is 1. The molecule has 2 aliphatic heterocycles. The van der Waals surface area contributed by atoms with Crippen LogP contribution in [0.5, 0.6) is 0 Å². The second-order valence-electron chi connectivity index (χ2n) is 7.97. The predicted octanol–water partition coefficient (Wildman–Crippen LogP) is 3.13. The van der Waals surface area contributed by atoms with Gasteiger partial charge in [0.1, 0.15) is 11.6 Å². The molecule has 152 valence electrons. The number of rotatable bonds is 3. The molecule has 0 saturated carbocycles. The van der Waals surface area contributed by atoms with Gasteiger partial charge in [-0.2, -0.15) is 0 Å². The number of hydrogen-bond acceptors (Lipinski definition) is 6. The molecular weight excluding hydrogens is 370 g/mol. The molecule has 8 heteroatoms. The Balaban J connectivity index is 1.58. The van der Waals surface area contributed by atoms with E-state index >= 15 is 0 Å². The summed E-state index contributed by atoms with van der Waals surface area (Å²) in [5.74, 6) is 2.34. The van der Waals surface area contributed by atoms with Gasteiger partial charge in [0.2, 0.25) is 0 Å². The Kier molecular flexibility index (Phi) is 5.17. The minimum Gasteiger partial charge on any atom is -0.356 e. The number of amides is 1. The lowest BCUT2D eigenvalue weighted by Gasteiger charge is -2.36. The quantitative estimate of drug-likeness (QED) is 0.586. The molecule has 1 fully saturated rings. The molecule has 1 aromatic carbocycles. The highest BCUT2D eigenvalue weighted by Gasteiger charge is 2.29. The highest BCUT2D eigenvalue weighted by molar-refractivity contribution is 5.94. The van der Waals surface area contributed by atoms with Crippen LogP contribution in [-0.2, 0) is 13.0 Å². The van der Waals surface area contributed by atoms with E-state index in [2.05, 4.69) is 16.8 Å². The van der Waals surface area contributed by atoms with Crippen LogP contribution in [0.15, 0.2) is 24.3 Å². The molecule has 8 nitrogen and oxygen atoms in total. The van der Waals surface area contributed by atoms with Crippen LogP contribution in [0.4, 0.5) is 11.5 Å². The average Bonchev–Trinajstić information content (AvgIpc) is 2.73. The zero-order valence-corrected chi connectivity index (χ0v) is 16.8. The van der Waals surface area contributed by atoms with Crippen molar-refractivity contribution >= 4 is 17.4 Å². The van der Waals surface area contributed by atoms with Crippen molar-refractivity contribution in [2.75, 3.05) is 24.5 Å². The van der Waals surface area contributed by atoms with Crippen LogP contribution in [-0.4, -0.2) is 45.3 Å². The Morgan fingerprint density at radius 1 is 1.14 bits per heavy atom. The summed E-state index contributed by atoms with van der Waals surface area (Å²) in [6, 6.07) is 5.79. The van der Waals surface area contributed by atoms with Crippen LogP contribution in [0.1, 0.15) is 47.2 Å². The van der Waals surface area contributed by atoms with Crippen molar-refractivity contribution in [1.29, 1.82) is 0 Å². The van der Waals surface area contributed by atoms with Crippen molar-refractivity contribution in [3.63, 3.8) is 0 Å². The molecule has 1 aromatic heterocycles. The standard InChI is InChI=1S/C21H25N5O3/c1-14-7-10-24(11-8-14)20-18-13-25(12-9-19(18)22-15(2)23-20)21(27)16-3-5-17(6-4-16)26(28)29/h3-6,14H,7-13H2,1-2H3. The molecule has 0 unspecified atom stereocenters. The van der Waals surface area contributed by atoms with E-state index in [0.717, 1.165) is 54.7 Å². The second-order valence-corrected chi connectivity index (χ2v) is 7.97. The molecule has 0 spiro atoms. The van der Waals surface area contributed by atoms with E-state index in [9.17, 15) is 14.9 Å². The number of benzene rings is 1. The van der Waals surface area contributed by atoms with Crippen LogP contribution in [0.3, 0.4) is 0 Å². The van der Waals surface area contributed by atoms with Crippen LogP contribution < -0.4 is 4.90 Å². The first-order valence-corrected chi connectivity index (χ1v) is 10.1. The van der Waals surface area contributed by atoms with Gasteiger partial charge in [-0.25, -0.2) is 9.97 Å². The molecular formula is C21H25N5O3. The summed E-state index contributed by atoms with van der Waals surface area (Å²) in [5, 5.41) is 10.8. The summed E-state index contributed by atoms with van der Waals surface area (Å²) >= 11 is 0. The Morgan fingerprint density at radius 2 is 1.83 bits per heavy atom. The lowest BCUT2D eigenvalue weighted by Crippen LogP contribution is -2.40. The van der Waals surface area contributed by atoms with E-state index in [1.165, 1.54) is 24.3 Å². The molecule has 0 bridgehead atoms. The maximum absolute atomic E-state index is 13.0. The van der Waals surface area contributed by atoms with Crippen molar-refractivity contribution in [2.45, 2.75) is 39.7 Å². The molecule has 1 amide bonds. The molecule has 0 aliphatic carbocycles. The number of piperidine rings is 1. The monoisotopic (exact) mass is 395 g/mol. The summed E-state index contributed by atoms with van der Waals surface area (Å²) in [7, 11) is 0. The summed E-state index contributed by atoms with van der Waals surface area (Å²) in [6.45, 7) is 7.19. The average molecular weight is 395 g/mol. The first-order chi connectivity index (χ1) is 13.9. The van der Waals surface area contributed by atoms with Gasteiger partial charge >= 0.3 is 0 Å². The second kappa shape index (κ2) is 7.77. The number of hydrogen-bond donors (Lipinski definition) is 0. The maximum atomic E-state index is 13.0. The smallest absolute Gasteiger partial charge is 0.269 e. The van der Waals surface area contributed by atoms with E-state index in [-0.39, 0.29) is 11.6 Å². The van der Waals surface area contributed by atoms with Crippen molar-refractivity contribution in [1.82, 2.24) is 14.9 Å². The topological polar surface area (TPSA) is 92.5 Å². The molecule has 1 saturated heterocycles. The Hall–Kier alpha value is -3.03. The van der Waals surface area contributed by atoms with Gasteiger partial charge in [0, 0.05) is 49.3 Å². The number of nitrogens with zero attached hydrogens (tertiary/aromatic N) is 5. The number of aromatic nitrogens is 2. The first kappa shape index (κ1) is 19.3. The Morgan fingerprint density at radius 3 is 2.48 bits per heavy atom. The van der Waals surface area contributed by atoms with E-state index in [4.69, 9.17) is 4.98 Å². The van der Waals surface area contributed by atoms with Crippen LogP contribution in [0.25, 0.3) is 0 Å². The van der Waals surface area contributed by atoms with Gasteiger partial charge in [0.15, 0.2) is 0 Å². The molecule has 2 aliphatic rings. The normalized spacial score (nSPS) is 17.2. The number of carbonyl (C=O) groups excluding carboxylic acids is 1. The third-order valence-electron chi connectivity index (χ3n) is 5.85. The van der Waals surface area contributed by atoms with Gasteiger partial charge in [-0.3, -0.25) is 14.9 Å². The largest absolute Gasteiger partial charge is 0.356 e. The van der Waals surface area contributed by atoms with Crippen molar-refractivity contribution < 1.29 is 9.72 Å². The zero-order valence-electron chi connectivity index (χ0n) is 16.8. The van der Waals surface area contributed by atoms with Gasteiger partial charge in [0.05, 0.1) is 17.2 Å². The third-order valence-corrected chi connectivity index (χ3v) is 5.85. The number of anilines is 1. The zero-order chi connectivity index (χ0) is 20.5. The van der Waals surface area contributed by atoms with Gasteiger partial charge in [-0.15, -0.1) is 0 Å². The Bertz CT molecular complexity index is 936. The first-order valence-electron chi connectivity index (χ1n) is 10.1. The van der Waals surface area contributed by atoms with Crippen molar-refractivity contribution in [3.8, 4) is 0 Å². The summed E-state index contributed by atoms with van der Waals surface area (Å²) in [6.07, 6.45) is 2.97. The van der Waals surface area contributed by atoms with E-state index in [0.29, 0.717) is 25.1 Å². The molecule has 3 heterocycles. The highest BCUT2D eigenvalue weighted by atomic mass is 16.6. The number of nitro benzene ring substituents is 1. The Labute approximate surface area is 169 Å². The molecule has 2 aromatic rings. The fourth-order valence-electron chi connectivity index (χ4n) is 4.08. The lowest BCUT2D eigenvalue weighted by atomic mass is 9.98.